The van der Waals surface area contributed by atoms with Crippen molar-refractivity contribution in [2.45, 2.75) is 53.4 Å². The van der Waals surface area contributed by atoms with Gasteiger partial charge in [0.1, 0.15) is 11.5 Å². The summed E-state index contributed by atoms with van der Waals surface area (Å²) in [5.74, 6) is 3.04. The third-order valence-electron chi connectivity index (χ3n) is 3.54. The van der Waals surface area contributed by atoms with E-state index in [1.807, 2.05) is 38.1 Å². The van der Waals surface area contributed by atoms with Crippen LogP contribution in [0.1, 0.15) is 64.5 Å². The van der Waals surface area contributed by atoms with E-state index in [1.54, 1.807) is 14.2 Å². The summed E-state index contributed by atoms with van der Waals surface area (Å²) in [7, 11) is 3.38. The lowest BCUT2D eigenvalue weighted by Gasteiger charge is -2.06. The molecule has 0 heterocycles. The van der Waals surface area contributed by atoms with Crippen LogP contribution in [-0.2, 0) is 0 Å². The lowest BCUT2D eigenvalue weighted by atomic mass is 10.0. The summed E-state index contributed by atoms with van der Waals surface area (Å²) in [6.07, 6.45) is 0. The molecule has 0 aromatic heterocycles. The zero-order valence-corrected chi connectivity index (χ0v) is 16.6. The summed E-state index contributed by atoms with van der Waals surface area (Å²) in [4.78, 5) is 0. The second-order valence-corrected chi connectivity index (χ2v) is 5.86. The second kappa shape index (κ2) is 12.5. The van der Waals surface area contributed by atoms with Gasteiger partial charge in [0, 0.05) is 0 Å². The Bertz CT molecular complexity index is 542. The first kappa shape index (κ1) is 22.0. The standard InChI is InChI=1S/2C10H14O.C2H6/c1-8(2)9-4-6-10(11-3)7-5-9;1-8(2)9-5-4-6-10(7-9)11-3;1-2/h2*4-8H,1-3H3;1-2H3. The van der Waals surface area contributed by atoms with E-state index < -0.39 is 0 Å². The van der Waals surface area contributed by atoms with Crippen LogP contribution in [0, 0.1) is 0 Å². The van der Waals surface area contributed by atoms with Crippen molar-refractivity contribution in [2.75, 3.05) is 14.2 Å². The van der Waals surface area contributed by atoms with Gasteiger partial charge in [-0.05, 0) is 47.2 Å². The molecule has 0 radical (unpaired) electrons. The van der Waals surface area contributed by atoms with E-state index in [2.05, 4.69) is 52.0 Å². The fraction of sp³-hybridized carbons (Fsp3) is 0.455. The number of rotatable bonds is 4. The van der Waals surface area contributed by atoms with Crippen LogP contribution in [0.25, 0.3) is 0 Å². The largest absolute Gasteiger partial charge is 0.497 e. The fourth-order valence-corrected chi connectivity index (χ4v) is 1.99. The molecule has 0 amide bonds. The van der Waals surface area contributed by atoms with Crippen molar-refractivity contribution in [3.8, 4) is 11.5 Å². The maximum atomic E-state index is 5.11. The second-order valence-electron chi connectivity index (χ2n) is 5.86. The van der Waals surface area contributed by atoms with Gasteiger partial charge in [-0.25, -0.2) is 0 Å². The predicted molar refractivity (Wildman–Crippen MR) is 106 cm³/mol. The third-order valence-corrected chi connectivity index (χ3v) is 3.54. The zero-order chi connectivity index (χ0) is 18.5. The van der Waals surface area contributed by atoms with E-state index in [0.29, 0.717) is 11.8 Å². The number of benzene rings is 2. The van der Waals surface area contributed by atoms with Crippen molar-refractivity contribution in [1.82, 2.24) is 0 Å². The summed E-state index contributed by atoms with van der Waals surface area (Å²) in [5.41, 5.74) is 2.68. The summed E-state index contributed by atoms with van der Waals surface area (Å²) in [6.45, 7) is 12.7. The SMILES string of the molecule is CC.COc1ccc(C(C)C)cc1.COc1cccc(C(C)C)c1. The van der Waals surface area contributed by atoms with Crippen LogP contribution in [0.2, 0.25) is 0 Å². The molecule has 0 aliphatic heterocycles. The molecule has 0 unspecified atom stereocenters. The molecule has 0 N–H and O–H groups in total. The van der Waals surface area contributed by atoms with E-state index in [4.69, 9.17) is 9.47 Å². The Hall–Kier alpha value is -1.96. The molecule has 2 aromatic rings. The van der Waals surface area contributed by atoms with Crippen LogP contribution in [0.15, 0.2) is 48.5 Å². The molecule has 0 aliphatic rings. The minimum atomic E-state index is 0.574. The highest BCUT2D eigenvalue weighted by molar-refractivity contribution is 5.30. The molecule has 0 aliphatic carbocycles. The molecule has 2 nitrogen and oxygen atoms in total. The van der Waals surface area contributed by atoms with Gasteiger partial charge in [0.25, 0.3) is 0 Å². The van der Waals surface area contributed by atoms with Crippen molar-refractivity contribution in [3.05, 3.63) is 59.7 Å². The average molecular weight is 331 g/mol. The van der Waals surface area contributed by atoms with Gasteiger partial charge in [-0.15, -0.1) is 0 Å². The molecule has 2 aromatic carbocycles. The van der Waals surface area contributed by atoms with Crippen LogP contribution < -0.4 is 9.47 Å². The van der Waals surface area contributed by atoms with Crippen molar-refractivity contribution in [3.63, 3.8) is 0 Å². The van der Waals surface area contributed by atoms with E-state index >= 15 is 0 Å². The van der Waals surface area contributed by atoms with Gasteiger partial charge in [0.05, 0.1) is 14.2 Å². The Labute approximate surface area is 148 Å². The lowest BCUT2D eigenvalue weighted by Crippen LogP contribution is -1.88. The number of hydrogen-bond acceptors (Lipinski definition) is 2. The molecule has 0 saturated carbocycles. The van der Waals surface area contributed by atoms with E-state index in [-0.39, 0.29) is 0 Å². The molecule has 0 saturated heterocycles. The van der Waals surface area contributed by atoms with E-state index in [9.17, 15) is 0 Å². The highest BCUT2D eigenvalue weighted by Gasteiger charge is 1.99. The molecule has 134 valence electrons. The maximum Gasteiger partial charge on any atom is 0.119 e. The summed E-state index contributed by atoms with van der Waals surface area (Å²) < 4.78 is 10.2. The molecule has 0 atom stereocenters. The minimum absolute atomic E-state index is 0.574. The summed E-state index contributed by atoms with van der Waals surface area (Å²) in [6, 6.07) is 16.4. The quantitative estimate of drug-likeness (QED) is 0.623. The molecule has 24 heavy (non-hydrogen) atoms. The topological polar surface area (TPSA) is 18.5 Å². The Morgan fingerprint density at radius 2 is 1.12 bits per heavy atom. The van der Waals surface area contributed by atoms with Crippen molar-refractivity contribution >= 4 is 0 Å². The van der Waals surface area contributed by atoms with Crippen LogP contribution >= 0.6 is 0 Å². The molecule has 0 bridgehead atoms. The van der Waals surface area contributed by atoms with Gasteiger partial charge in [0.2, 0.25) is 0 Å². The first-order valence-electron chi connectivity index (χ1n) is 8.75. The molecule has 2 heteroatoms. The molecule has 0 fully saturated rings. The van der Waals surface area contributed by atoms with Gasteiger partial charge in [0.15, 0.2) is 0 Å². The van der Waals surface area contributed by atoms with Crippen molar-refractivity contribution in [2.24, 2.45) is 0 Å². The Morgan fingerprint density at radius 1 is 0.625 bits per heavy atom. The van der Waals surface area contributed by atoms with E-state index in [0.717, 1.165) is 11.5 Å². The van der Waals surface area contributed by atoms with Crippen LogP contribution in [0.5, 0.6) is 11.5 Å². The highest BCUT2D eigenvalue weighted by atomic mass is 16.5. The number of methoxy groups -OCH3 is 2. The fourth-order valence-electron chi connectivity index (χ4n) is 1.99. The third kappa shape index (κ3) is 8.05. The lowest BCUT2D eigenvalue weighted by molar-refractivity contribution is 0.414. The smallest absolute Gasteiger partial charge is 0.119 e. The monoisotopic (exact) mass is 330 g/mol. The average Bonchev–Trinajstić information content (AvgIpc) is 2.64. The zero-order valence-electron chi connectivity index (χ0n) is 16.6. The van der Waals surface area contributed by atoms with Gasteiger partial charge < -0.3 is 9.47 Å². The summed E-state index contributed by atoms with van der Waals surface area (Å²) >= 11 is 0. The van der Waals surface area contributed by atoms with Gasteiger partial charge >= 0.3 is 0 Å². The number of hydrogen-bond donors (Lipinski definition) is 0. The highest BCUT2D eigenvalue weighted by Crippen LogP contribution is 2.19. The van der Waals surface area contributed by atoms with Crippen molar-refractivity contribution < 1.29 is 9.47 Å². The molecule has 2 rings (SSSR count). The maximum absolute atomic E-state index is 5.11. The minimum Gasteiger partial charge on any atom is -0.497 e. The Balaban J connectivity index is 0.000000400. The molecule has 0 spiro atoms. The van der Waals surface area contributed by atoms with Gasteiger partial charge in [-0.1, -0.05) is 65.8 Å². The van der Waals surface area contributed by atoms with Crippen LogP contribution in [-0.4, -0.2) is 14.2 Å². The van der Waals surface area contributed by atoms with Crippen LogP contribution in [0.3, 0.4) is 0 Å². The Morgan fingerprint density at radius 3 is 1.54 bits per heavy atom. The molecular weight excluding hydrogens is 296 g/mol. The van der Waals surface area contributed by atoms with Gasteiger partial charge in [-0.2, -0.15) is 0 Å². The normalized spacial score (nSPS) is 9.58. The van der Waals surface area contributed by atoms with E-state index in [1.165, 1.54) is 11.1 Å². The van der Waals surface area contributed by atoms with Gasteiger partial charge in [-0.3, -0.25) is 0 Å². The summed E-state index contributed by atoms with van der Waals surface area (Å²) in [5, 5.41) is 0. The first-order valence-corrected chi connectivity index (χ1v) is 8.75. The van der Waals surface area contributed by atoms with Crippen LogP contribution in [0.4, 0.5) is 0 Å². The first-order chi connectivity index (χ1) is 11.5. The predicted octanol–water partition coefficient (Wildman–Crippen LogP) is 6.66. The van der Waals surface area contributed by atoms with Crippen molar-refractivity contribution in [1.29, 1.82) is 0 Å². The number of ether oxygens (including phenoxy) is 2. The Kier molecular flexibility index (Phi) is 11.4. The molecular formula is C22H34O2.